The molecule has 2 unspecified atom stereocenters. The number of piperidine rings is 1. The van der Waals surface area contributed by atoms with Crippen LogP contribution in [-0.2, 0) is 0 Å². The Hall–Kier alpha value is -2.27. The van der Waals surface area contributed by atoms with Gasteiger partial charge in [0.15, 0.2) is 11.6 Å². The maximum Gasteiger partial charge on any atom is 0.229 e. The van der Waals surface area contributed by atoms with Crippen molar-refractivity contribution in [3.05, 3.63) is 50.6 Å². The third-order valence-corrected chi connectivity index (χ3v) is 6.15. The van der Waals surface area contributed by atoms with Gasteiger partial charge in [0.2, 0.25) is 5.95 Å². The summed E-state index contributed by atoms with van der Waals surface area (Å²) in [6, 6.07) is 5.85. The zero-order chi connectivity index (χ0) is 21.3. The van der Waals surface area contributed by atoms with Crippen LogP contribution in [0, 0.1) is 23.2 Å². The summed E-state index contributed by atoms with van der Waals surface area (Å²) in [5.41, 5.74) is 3.49. The van der Waals surface area contributed by atoms with Gasteiger partial charge in [0, 0.05) is 24.0 Å². The molecule has 1 aliphatic heterocycles. The lowest BCUT2D eigenvalue weighted by Crippen LogP contribution is -2.35. The molecule has 3 aromatic rings. The molecular weight excluding hydrogens is 496 g/mol. The first-order valence-corrected chi connectivity index (χ1v) is 11.1. The quantitative estimate of drug-likeness (QED) is 0.357. The van der Waals surface area contributed by atoms with Gasteiger partial charge in [-0.15, -0.1) is 0 Å². The zero-order valence-corrected chi connectivity index (χ0v) is 19.3. The second-order valence-electron chi connectivity index (χ2n) is 7.84. The van der Waals surface area contributed by atoms with E-state index in [0.29, 0.717) is 35.2 Å². The van der Waals surface area contributed by atoms with E-state index in [1.54, 1.807) is 12.3 Å². The number of rotatable bonds is 5. The van der Waals surface area contributed by atoms with Crippen molar-refractivity contribution in [3.8, 4) is 0 Å². The number of aromatic nitrogens is 4. The Morgan fingerprint density at radius 1 is 1.20 bits per heavy atom. The Balaban J connectivity index is 1.55. The van der Waals surface area contributed by atoms with Gasteiger partial charge in [0.1, 0.15) is 5.82 Å². The van der Waals surface area contributed by atoms with Crippen molar-refractivity contribution in [2.24, 2.45) is 0 Å². The highest BCUT2D eigenvalue weighted by atomic mass is 127. The first-order chi connectivity index (χ1) is 14.4. The Morgan fingerprint density at radius 3 is 2.77 bits per heavy atom. The number of aryl methyl sites for hydroxylation is 2. The largest absolute Gasteiger partial charge is 0.322 e. The van der Waals surface area contributed by atoms with Crippen LogP contribution in [0.2, 0.25) is 0 Å². The van der Waals surface area contributed by atoms with Gasteiger partial charge >= 0.3 is 0 Å². The van der Waals surface area contributed by atoms with E-state index in [-0.39, 0.29) is 5.82 Å². The van der Waals surface area contributed by atoms with Gasteiger partial charge in [0.05, 0.1) is 9.26 Å². The van der Waals surface area contributed by atoms with Crippen LogP contribution in [0.15, 0.2) is 24.4 Å². The molecule has 0 spiro atoms. The van der Waals surface area contributed by atoms with E-state index in [2.05, 4.69) is 65.6 Å². The van der Waals surface area contributed by atoms with Crippen molar-refractivity contribution >= 4 is 45.9 Å². The predicted molar refractivity (Wildman–Crippen MR) is 125 cm³/mol. The lowest BCUT2D eigenvalue weighted by Gasteiger charge is -2.29. The number of H-pyrrole nitrogens is 1. The molecule has 9 heteroatoms. The average Bonchev–Trinajstić information content (AvgIpc) is 3.11. The van der Waals surface area contributed by atoms with Gasteiger partial charge < -0.3 is 16.0 Å². The summed E-state index contributed by atoms with van der Waals surface area (Å²) in [6.45, 7) is 7.11. The lowest BCUT2D eigenvalue weighted by molar-refractivity contribution is 0.379. The SMILES string of the molecule is Cc1cc(Nc2nc(Nc3cc(C)c(C4CCNC(C)C4)cc3F)ncc2I)n[nH]1. The van der Waals surface area contributed by atoms with Crippen LogP contribution in [0.3, 0.4) is 0 Å². The molecule has 158 valence electrons. The Bertz CT molecular complexity index is 1050. The van der Waals surface area contributed by atoms with Crippen molar-refractivity contribution in [1.29, 1.82) is 0 Å². The number of halogens is 2. The number of benzene rings is 1. The van der Waals surface area contributed by atoms with Gasteiger partial charge in [-0.1, -0.05) is 0 Å². The molecule has 0 aliphatic carbocycles. The highest BCUT2D eigenvalue weighted by Gasteiger charge is 2.22. The van der Waals surface area contributed by atoms with Crippen molar-refractivity contribution in [2.45, 2.75) is 45.6 Å². The van der Waals surface area contributed by atoms with E-state index in [1.165, 1.54) is 0 Å². The first-order valence-electron chi connectivity index (χ1n) is 10.0. The van der Waals surface area contributed by atoms with E-state index in [9.17, 15) is 4.39 Å². The topological polar surface area (TPSA) is 90.6 Å². The lowest BCUT2D eigenvalue weighted by atomic mass is 9.84. The Morgan fingerprint density at radius 2 is 2.03 bits per heavy atom. The number of nitrogens with one attached hydrogen (secondary N) is 4. The van der Waals surface area contributed by atoms with E-state index in [0.717, 1.165) is 39.8 Å². The molecule has 3 heterocycles. The van der Waals surface area contributed by atoms with Gasteiger partial charge in [-0.05, 0) is 91.9 Å². The summed E-state index contributed by atoms with van der Waals surface area (Å²) < 4.78 is 15.8. The maximum atomic E-state index is 14.9. The molecule has 0 saturated carbocycles. The Kier molecular flexibility index (Phi) is 6.19. The van der Waals surface area contributed by atoms with Gasteiger partial charge in [-0.25, -0.2) is 9.37 Å². The molecule has 4 N–H and O–H groups in total. The van der Waals surface area contributed by atoms with Crippen LogP contribution >= 0.6 is 22.6 Å². The third kappa shape index (κ3) is 4.72. The number of aromatic amines is 1. The van der Waals surface area contributed by atoms with E-state index >= 15 is 0 Å². The van der Waals surface area contributed by atoms with E-state index < -0.39 is 0 Å². The third-order valence-electron chi connectivity index (χ3n) is 5.36. The Labute approximate surface area is 188 Å². The zero-order valence-electron chi connectivity index (χ0n) is 17.2. The van der Waals surface area contributed by atoms with Crippen molar-refractivity contribution in [1.82, 2.24) is 25.5 Å². The highest BCUT2D eigenvalue weighted by Crippen LogP contribution is 2.33. The van der Waals surface area contributed by atoms with Crippen LogP contribution in [0.5, 0.6) is 0 Å². The van der Waals surface area contributed by atoms with Crippen molar-refractivity contribution in [2.75, 3.05) is 17.2 Å². The fraction of sp³-hybridized carbons (Fsp3) is 0.381. The fourth-order valence-electron chi connectivity index (χ4n) is 3.89. The molecule has 0 radical (unpaired) electrons. The summed E-state index contributed by atoms with van der Waals surface area (Å²) in [7, 11) is 0. The second kappa shape index (κ2) is 8.84. The molecule has 1 fully saturated rings. The van der Waals surface area contributed by atoms with Crippen molar-refractivity contribution < 1.29 is 4.39 Å². The number of anilines is 4. The molecule has 0 amide bonds. The molecule has 1 aromatic carbocycles. The molecule has 2 atom stereocenters. The van der Waals surface area contributed by atoms with Gasteiger partial charge in [0.25, 0.3) is 0 Å². The summed E-state index contributed by atoms with van der Waals surface area (Å²) in [4.78, 5) is 8.80. The molecule has 7 nitrogen and oxygen atoms in total. The highest BCUT2D eigenvalue weighted by molar-refractivity contribution is 14.1. The predicted octanol–water partition coefficient (Wildman–Crippen LogP) is 4.90. The second-order valence-corrected chi connectivity index (χ2v) is 9.00. The van der Waals surface area contributed by atoms with E-state index in [1.807, 2.05) is 26.0 Å². The molecule has 1 aliphatic rings. The molecule has 0 bridgehead atoms. The summed E-state index contributed by atoms with van der Waals surface area (Å²) in [6.07, 6.45) is 3.74. The monoisotopic (exact) mass is 521 g/mol. The molecule has 30 heavy (non-hydrogen) atoms. The molecule has 2 aromatic heterocycles. The number of hydrogen-bond donors (Lipinski definition) is 4. The maximum absolute atomic E-state index is 14.9. The molecular formula is C21H25FIN7. The number of hydrogen-bond acceptors (Lipinski definition) is 6. The van der Waals surface area contributed by atoms with Crippen LogP contribution < -0.4 is 16.0 Å². The summed E-state index contributed by atoms with van der Waals surface area (Å²) in [5.74, 6) is 1.69. The van der Waals surface area contributed by atoms with Crippen molar-refractivity contribution in [3.63, 3.8) is 0 Å². The van der Waals surface area contributed by atoms with Crippen LogP contribution in [0.1, 0.15) is 42.5 Å². The normalized spacial score (nSPS) is 19.0. The summed E-state index contributed by atoms with van der Waals surface area (Å²) in [5, 5.41) is 16.7. The minimum atomic E-state index is -0.290. The standard InChI is InChI=1S/C21H25FIN7/c1-11-6-18(16(22)9-15(11)14-4-5-24-12(2)7-14)26-21-25-10-17(23)20(28-21)27-19-8-13(3)29-30-19/h6,8-10,12,14,24H,4-5,7H2,1-3H3,(H3,25,26,27,28,29,30). The minimum Gasteiger partial charge on any atom is -0.322 e. The molecule has 1 saturated heterocycles. The average molecular weight is 521 g/mol. The number of nitrogens with zero attached hydrogens (tertiary/aromatic N) is 3. The van der Waals surface area contributed by atoms with Crippen LogP contribution in [-0.4, -0.2) is 32.8 Å². The van der Waals surface area contributed by atoms with Gasteiger partial charge in [-0.3, -0.25) is 5.10 Å². The van der Waals surface area contributed by atoms with Gasteiger partial charge in [-0.2, -0.15) is 10.1 Å². The van der Waals surface area contributed by atoms with E-state index in [4.69, 9.17) is 0 Å². The van der Waals surface area contributed by atoms with Crippen LogP contribution in [0.25, 0.3) is 0 Å². The summed E-state index contributed by atoms with van der Waals surface area (Å²) >= 11 is 2.15. The smallest absolute Gasteiger partial charge is 0.229 e. The minimum absolute atomic E-state index is 0.290. The first kappa shape index (κ1) is 21.0. The van der Waals surface area contributed by atoms with Crippen LogP contribution in [0.4, 0.5) is 27.7 Å². The fourth-order valence-corrected chi connectivity index (χ4v) is 4.28. The molecule has 4 rings (SSSR count).